The SMILES string of the molecule is C[C@@H](Oc1ncc(-c2cn3c(C4CC(F)(F)C4)nnc3cn2)cc1F)C(F)(F)F. The molecule has 0 saturated heterocycles. The first-order chi connectivity index (χ1) is 13.5. The lowest BCUT2D eigenvalue weighted by Gasteiger charge is -2.33. The molecule has 0 bridgehead atoms. The molecule has 1 aliphatic carbocycles. The Morgan fingerprint density at radius 1 is 1.17 bits per heavy atom. The zero-order valence-corrected chi connectivity index (χ0v) is 14.8. The molecule has 1 saturated carbocycles. The number of pyridine rings is 1. The summed E-state index contributed by atoms with van der Waals surface area (Å²) in [5.74, 6) is -4.75. The summed E-state index contributed by atoms with van der Waals surface area (Å²) in [6, 6.07) is 0.932. The van der Waals surface area contributed by atoms with Crippen LogP contribution in [0.4, 0.5) is 26.3 Å². The van der Waals surface area contributed by atoms with Gasteiger partial charge < -0.3 is 4.74 Å². The minimum Gasteiger partial charge on any atom is -0.463 e. The molecule has 0 unspecified atom stereocenters. The van der Waals surface area contributed by atoms with Crippen molar-refractivity contribution in [1.82, 2.24) is 24.6 Å². The molecule has 6 nitrogen and oxygen atoms in total. The maximum atomic E-state index is 14.2. The highest BCUT2D eigenvalue weighted by molar-refractivity contribution is 5.59. The average molecular weight is 417 g/mol. The first-order valence-corrected chi connectivity index (χ1v) is 8.51. The van der Waals surface area contributed by atoms with Gasteiger partial charge in [-0.15, -0.1) is 10.2 Å². The predicted octanol–water partition coefficient (Wildman–Crippen LogP) is 4.17. The third kappa shape index (κ3) is 3.70. The Hall–Kier alpha value is -2.92. The number of rotatable bonds is 4. The Labute approximate surface area is 159 Å². The molecule has 4 rings (SSSR count). The maximum Gasteiger partial charge on any atom is 0.425 e. The number of halogens is 6. The molecule has 29 heavy (non-hydrogen) atoms. The molecule has 1 aliphatic rings. The van der Waals surface area contributed by atoms with Gasteiger partial charge in [0.25, 0.3) is 5.88 Å². The Morgan fingerprint density at radius 3 is 2.52 bits per heavy atom. The Morgan fingerprint density at radius 2 is 1.90 bits per heavy atom. The second-order valence-corrected chi connectivity index (χ2v) is 6.83. The molecule has 154 valence electrons. The summed E-state index contributed by atoms with van der Waals surface area (Å²) in [5, 5.41) is 7.81. The van der Waals surface area contributed by atoms with Crippen molar-refractivity contribution >= 4 is 5.65 Å². The lowest BCUT2D eigenvalue weighted by Crippen LogP contribution is -2.34. The van der Waals surface area contributed by atoms with E-state index >= 15 is 0 Å². The molecular weight excluding hydrogens is 404 g/mol. The smallest absolute Gasteiger partial charge is 0.425 e. The summed E-state index contributed by atoms with van der Waals surface area (Å²) in [6.45, 7) is 0.738. The van der Waals surface area contributed by atoms with Gasteiger partial charge in [-0.1, -0.05) is 0 Å². The van der Waals surface area contributed by atoms with Gasteiger partial charge in [0.05, 0.1) is 11.9 Å². The van der Waals surface area contributed by atoms with Crippen LogP contribution in [0.15, 0.2) is 24.7 Å². The van der Waals surface area contributed by atoms with Gasteiger partial charge in [-0.05, 0) is 13.0 Å². The van der Waals surface area contributed by atoms with E-state index in [1.54, 1.807) is 0 Å². The molecule has 1 atom stereocenters. The van der Waals surface area contributed by atoms with Gasteiger partial charge >= 0.3 is 6.18 Å². The van der Waals surface area contributed by atoms with Crippen molar-refractivity contribution in [3.63, 3.8) is 0 Å². The maximum absolute atomic E-state index is 14.2. The molecule has 0 N–H and O–H groups in total. The van der Waals surface area contributed by atoms with E-state index in [1.165, 1.54) is 16.8 Å². The number of alkyl halides is 5. The summed E-state index contributed by atoms with van der Waals surface area (Å²) in [6.07, 6.45) is -3.70. The predicted molar refractivity (Wildman–Crippen MR) is 87.0 cm³/mol. The van der Waals surface area contributed by atoms with Crippen LogP contribution in [0.3, 0.4) is 0 Å². The van der Waals surface area contributed by atoms with Crippen LogP contribution in [0.1, 0.15) is 31.5 Å². The molecule has 0 aromatic carbocycles. The molecule has 12 heteroatoms. The fourth-order valence-electron chi connectivity index (χ4n) is 2.98. The summed E-state index contributed by atoms with van der Waals surface area (Å²) < 4.78 is 84.2. The van der Waals surface area contributed by atoms with Crippen LogP contribution in [0.5, 0.6) is 5.88 Å². The highest BCUT2D eigenvalue weighted by Crippen LogP contribution is 2.47. The molecule has 0 aliphatic heterocycles. The van der Waals surface area contributed by atoms with Crippen molar-refractivity contribution in [3.05, 3.63) is 36.3 Å². The second kappa shape index (κ2) is 6.56. The zero-order chi connectivity index (χ0) is 21.0. The van der Waals surface area contributed by atoms with E-state index in [1.807, 2.05) is 0 Å². The lowest BCUT2D eigenvalue weighted by atomic mass is 9.81. The molecule has 3 heterocycles. The minimum absolute atomic E-state index is 0.162. The van der Waals surface area contributed by atoms with Crippen molar-refractivity contribution in [2.75, 3.05) is 0 Å². The van der Waals surface area contributed by atoms with E-state index in [9.17, 15) is 26.3 Å². The van der Waals surface area contributed by atoms with Crippen molar-refractivity contribution < 1.29 is 31.1 Å². The van der Waals surface area contributed by atoms with Crippen molar-refractivity contribution in [3.8, 4) is 17.1 Å². The van der Waals surface area contributed by atoms with Gasteiger partial charge in [-0.3, -0.25) is 9.38 Å². The van der Waals surface area contributed by atoms with Crippen LogP contribution in [-0.2, 0) is 0 Å². The van der Waals surface area contributed by atoms with Crippen molar-refractivity contribution in [2.24, 2.45) is 0 Å². The molecule has 3 aromatic rings. The number of fused-ring (bicyclic) bond motifs is 1. The van der Waals surface area contributed by atoms with Crippen LogP contribution in [-0.4, -0.2) is 42.8 Å². The van der Waals surface area contributed by atoms with Gasteiger partial charge in [-0.2, -0.15) is 13.2 Å². The molecule has 0 spiro atoms. The zero-order valence-electron chi connectivity index (χ0n) is 14.8. The van der Waals surface area contributed by atoms with E-state index in [4.69, 9.17) is 0 Å². The molecule has 1 fully saturated rings. The third-order valence-corrected chi connectivity index (χ3v) is 4.63. The molecule has 0 radical (unpaired) electrons. The summed E-state index contributed by atoms with van der Waals surface area (Å²) in [4.78, 5) is 7.70. The van der Waals surface area contributed by atoms with Crippen LogP contribution in [0, 0.1) is 5.82 Å². The van der Waals surface area contributed by atoms with E-state index < -0.39 is 35.8 Å². The van der Waals surface area contributed by atoms with E-state index in [-0.39, 0.29) is 24.1 Å². The number of hydrogen-bond donors (Lipinski definition) is 0. The van der Waals surface area contributed by atoms with Crippen LogP contribution in [0.25, 0.3) is 16.9 Å². The fourth-order valence-corrected chi connectivity index (χ4v) is 2.98. The Kier molecular flexibility index (Phi) is 4.39. The molecule has 3 aromatic heterocycles. The number of aromatic nitrogens is 5. The normalized spacial score (nSPS) is 17.9. The number of nitrogens with zero attached hydrogens (tertiary/aromatic N) is 5. The highest BCUT2D eigenvalue weighted by atomic mass is 19.4. The average Bonchev–Trinajstić information content (AvgIpc) is 3.03. The van der Waals surface area contributed by atoms with E-state index in [0.717, 1.165) is 19.2 Å². The first kappa shape index (κ1) is 19.4. The molecular formula is C17H13F6N5O. The summed E-state index contributed by atoms with van der Waals surface area (Å²) in [7, 11) is 0. The number of ether oxygens (including phenoxy) is 1. The van der Waals surface area contributed by atoms with Crippen molar-refractivity contribution in [2.45, 2.75) is 43.9 Å². The van der Waals surface area contributed by atoms with Gasteiger partial charge in [0.15, 0.2) is 17.6 Å². The standard InChI is InChI=1S/C17H13F6N5O/c1-8(17(21,22)23)29-15-11(18)2-9(5-25-15)12-7-28-13(6-24-12)26-27-14(28)10-3-16(19,20)4-10/h2,5-8,10H,3-4H2,1H3/t8-/m1/s1. The van der Waals surface area contributed by atoms with Gasteiger partial charge in [-0.25, -0.2) is 18.2 Å². The lowest BCUT2D eigenvalue weighted by molar-refractivity contribution is -0.190. The van der Waals surface area contributed by atoms with Crippen LogP contribution < -0.4 is 4.74 Å². The van der Waals surface area contributed by atoms with Crippen LogP contribution in [0.2, 0.25) is 0 Å². The quantitative estimate of drug-likeness (QED) is 0.597. The highest BCUT2D eigenvalue weighted by Gasteiger charge is 2.47. The summed E-state index contributed by atoms with van der Waals surface area (Å²) >= 11 is 0. The largest absolute Gasteiger partial charge is 0.463 e. The topological polar surface area (TPSA) is 65.2 Å². The van der Waals surface area contributed by atoms with Gasteiger partial charge in [0.2, 0.25) is 5.92 Å². The number of hydrogen-bond acceptors (Lipinski definition) is 5. The van der Waals surface area contributed by atoms with E-state index in [0.29, 0.717) is 11.5 Å². The Balaban J connectivity index is 1.62. The summed E-state index contributed by atoms with van der Waals surface area (Å²) in [5.41, 5.74) is 0.702. The second-order valence-electron chi connectivity index (χ2n) is 6.83. The Bertz CT molecular complexity index is 1060. The molecule has 0 amide bonds. The van der Waals surface area contributed by atoms with Crippen LogP contribution >= 0.6 is 0 Å². The van der Waals surface area contributed by atoms with E-state index in [2.05, 4.69) is 24.9 Å². The monoisotopic (exact) mass is 417 g/mol. The fraction of sp³-hybridized carbons (Fsp3) is 0.412. The minimum atomic E-state index is -4.66. The van der Waals surface area contributed by atoms with Crippen molar-refractivity contribution in [1.29, 1.82) is 0 Å². The third-order valence-electron chi connectivity index (χ3n) is 4.63. The first-order valence-electron chi connectivity index (χ1n) is 8.51. The van der Waals surface area contributed by atoms with Gasteiger partial charge in [0.1, 0.15) is 5.82 Å². The van der Waals surface area contributed by atoms with Gasteiger partial charge in [0, 0.05) is 36.7 Å².